The average Bonchev–Trinajstić information content (AvgIpc) is 3.42. The van der Waals surface area contributed by atoms with Gasteiger partial charge >= 0.3 is 5.97 Å². The van der Waals surface area contributed by atoms with E-state index in [9.17, 15) is 18.7 Å². The van der Waals surface area contributed by atoms with Gasteiger partial charge < -0.3 is 14.4 Å². The van der Waals surface area contributed by atoms with Crippen molar-refractivity contribution in [3.8, 4) is 28.7 Å². The van der Waals surface area contributed by atoms with Gasteiger partial charge in [-0.15, -0.1) is 17.3 Å². The van der Waals surface area contributed by atoms with E-state index < -0.39 is 10.6 Å². The van der Waals surface area contributed by atoms with Gasteiger partial charge in [-0.1, -0.05) is 30.2 Å². The van der Waals surface area contributed by atoms with Gasteiger partial charge in [0.15, 0.2) is 0 Å². The van der Waals surface area contributed by atoms with E-state index in [0.717, 1.165) is 39.0 Å². The summed E-state index contributed by atoms with van der Waals surface area (Å²) in [4.78, 5) is 26.6. The molecule has 1 atom stereocenters. The Morgan fingerprint density at radius 2 is 1.77 bits per heavy atom. The Kier molecular flexibility index (Phi) is 9.43. The molecule has 1 amide bonds. The molecule has 43 heavy (non-hydrogen) atoms. The van der Waals surface area contributed by atoms with Gasteiger partial charge in [0, 0.05) is 34.3 Å². The Bertz CT molecular complexity index is 1690. The number of carbonyl (C=O) groups is 2. The number of nitrogens with zero attached hydrogens (tertiary/aromatic N) is 1. The standard InChI is InChI=1S/C34H35NO6S2/c1-4-5-26(20-33(36)40-3)25-7-10-28(11-8-25)41-21-24-6-13-32-30(19-24)31(22-42-32)29-12-9-27(18-23(29)2)34(37)35-14-16-43(38,39)17-15-35/h6-13,18-19,22,26,38-39H,14-17,20-21H2,1-3H3/t26-/m0/s1. The zero-order valence-corrected chi connectivity index (χ0v) is 26.1. The minimum atomic E-state index is -2.55. The molecular weight excluding hydrogens is 583 g/mol. The summed E-state index contributed by atoms with van der Waals surface area (Å²) in [6, 6.07) is 19.8. The van der Waals surface area contributed by atoms with Crippen molar-refractivity contribution in [3.05, 3.63) is 88.3 Å². The molecule has 224 valence electrons. The van der Waals surface area contributed by atoms with E-state index in [1.165, 1.54) is 11.8 Å². The number of benzene rings is 3. The number of rotatable bonds is 8. The topological polar surface area (TPSA) is 96.3 Å². The maximum Gasteiger partial charge on any atom is 0.307 e. The zero-order chi connectivity index (χ0) is 30.6. The highest BCUT2D eigenvalue weighted by Gasteiger charge is 2.26. The van der Waals surface area contributed by atoms with Crippen molar-refractivity contribution in [2.24, 2.45) is 0 Å². The highest BCUT2D eigenvalue weighted by atomic mass is 32.3. The van der Waals surface area contributed by atoms with Crippen LogP contribution in [0.4, 0.5) is 0 Å². The maximum atomic E-state index is 13.1. The second-order valence-corrected chi connectivity index (χ2v) is 13.9. The predicted molar refractivity (Wildman–Crippen MR) is 174 cm³/mol. The molecule has 1 aromatic heterocycles. The SMILES string of the molecule is CC#C[C@@H](CC(=O)OC)c1ccc(OCc2ccc3scc(-c4ccc(C(=O)N5CCS(O)(O)CC5)cc4C)c3c2)cc1. The third kappa shape index (κ3) is 7.23. The van der Waals surface area contributed by atoms with Crippen LogP contribution < -0.4 is 4.74 Å². The summed E-state index contributed by atoms with van der Waals surface area (Å²) < 4.78 is 31.8. The minimum absolute atomic E-state index is 0.0792. The zero-order valence-electron chi connectivity index (χ0n) is 24.5. The van der Waals surface area contributed by atoms with Crippen LogP contribution in [0.1, 0.15) is 46.3 Å². The first-order valence-corrected chi connectivity index (χ1v) is 16.8. The molecule has 0 unspecified atom stereocenters. The van der Waals surface area contributed by atoms with Crippen LogP contribution in [0.5, 0.6) is 5.75 Å². The van der Waals surface area contributed by atoms with E-state index >= 15 is 0 Å². The van der Waals surface area contributed by atoms with E-state index in [0.29, 0.717) is 25.3 Å². The second-order valence-electron chi connectivity index (χ2n) is 10.6. The molecule has 0 bridgehead atoms. The van der Waals surface area contributed by atoms with Gasteiger partial charge in [-0.3, -0.25) is 18.7 Å². The fourth-order valence-corrected chi connectivity index (χ4v) is 7.40. The van der Waals surface area contributed by atoms with Gasteiger partial charge in [0.2, 0.25) is 0 Å². The molecule has 0 spiro atoms. The van der Waals surface area contributed by atoms with Crippen LogP contribution in [0, 0.1) is 18.8 Å². The number of amides is 1. The lowest BCUT2D eigenvalue weighted by atomic mass is 9.96. The molecule has 4 aromatic rings. The molecule has 9 heteroatoms. The number of aryl methyl sites for hydroxylation is 1. The largest absolute Gasteiger partial charge is 0.489 e. The molecule has 3 aromatic carbocycles. The molecule has 1 saturated heterocycles. The van der Waals surface area contributed by atoms with Crippen molar-refractivity contribution >= 4 is 43.9 Å². The van der Waals surface area contributed by atoms with Crippen molar-refractivity contribution in [2.45, 2.75) is 32.8 Å². The Balaban J connectivity index is 1.29. The summed E-state index contributed by atoms with van der Waals surface area (Å²) >= 11 is 1.68. The molecule has 0 radical (unpaired) electrons. The molecule has 2 heterocycles. The number of esters is 1. The van der Waals surface area contributed by atoms with Crippen LogP contribution in [-0.4, -0.2) is 57.6 Å². The molecular formula is C34H35NO6S2. The molecule has 2 N–H and O–H groups in total. The van der Waals surface area contributed by atoms with Gasteiger partial charge in [0.1, 0.15) is 12.4 Å². The third-order valence-electron chi connectivity index (χ3n) is 7.67. The number of ether oxygens (including phenoxy) is 2. The number of thiophene rings is 1. The highest BCUT2D eigenvalue weighted by molar-refractivity contribution is 8.24. The summed E-state index contributed by atoms with van der Waals surface area (Å²) in [6.07, 6.45) is 0.202. The normalized spacial score (nSPS) is 15.7. The Morgan fingerprint density at radius 1 is 1.02 bits per heavy atom. The molecule has 0 aliphatic carbocycles. The van der Waals surface area contributed by atoms with Gasteiger partial charge in [-0.25, -0.2) is 0 Å². The van der Waals surface area contributed by atoms with Gasteiger partial charge in [-0.05, 0) is 77.9 Å². The molecule has 5 rings (SSSR count). The van der Waals surface area contributed by atoms with E-state index in [-0.39, 0.29) is 35.7 Å². The molecule has 1 fully saturated rings. The maximum absolute atomic E-state index is 13.1. The van der Waals surface area contributed by atoms with Crippen molar-refractivity contribution in [1.29, 1.82) is 0 Å². The molecule has 0 saturated carbocycles. The van der Waals surface area contributed by atoms with Crippen molar-refractivity contribution in [1.82, 2.24) is 4.90 Å². The van der Waals surface area contributed by atoms with Crippen molar-refractivity contribution in [3.63, 3.8) is 0 Å². The minimum Gasteiger partial charge on any atom is -0.489 e. The van der Waals surface area contributed by atoms with Crippen LogP contribution in [0.3, 0.4) is 0 Å². The van der Waals surface area contributed by atoms with Gasteiger partial charge in [-0.2, -0.15) is 10.6 Å². The van der Waals surface area contributed by atoms with Gasteiger partial charge in [0.05, 0.1) is 31.0 Å². The van der Waals surface area contributed by atoms with Crippen molar-refractivity contribution < 1.29 is 28.2 Å². The quantitative estimate of drug-likeness (QED) is 0.159. The predicted octanol–water partition coefficient (Wildman–Crippen LogP) is 7.33. The van der Waals surface area contributed by atoms with Crippen molar-refractivity contribution in [2.75, 3.05) is 31.7 Å². The number of hydrogen-bond donors (Lipinski definition) is 2. The van der Waals surface area contributed by atoms with E-state index in [2.05, 4.69) is 35.4 Å². The van der Waals surface area contributed by atoms with E-state index in [1.807, 2.05) is 49.4 Å². The second kappa shape index (κ2) is 13.2. The number of methoxy groups -OCH3 is 1. The number of hydrogen-bond acceptors (Lipinski definition) is 7. The lowest BCUT2D eigenvalue weighted by Crippen LogP contribution is -2.42. The molecule has 1 aliphatic rings. The monoisotopic (exact) mass is 617 g/mol. The summed E-state index contributed by atoms with van der Waals surface area (Å²) in [5, 5.41) is 3.28. The summed E-state index contributed by atoms with van der Waals surface area (Å²) in [5.41, 5.74) is 5.78. The van der Waals surface area contributed by atoms with Crippen LogP contribution in [-0.2, 0) is 16.1 Å². The Labute approximate surface area is 257 Å². The first-order chi connectivity index (χ1) is 20.7. The van der Waals surface area contributed by atoms with Crippen LogP contribution in [0.15, 0.2) is 66.0 Å². The first kappa shape index (κ1) is 30.6. The molecule has 1 aliphatic heterocycles. The number of carbonyl (C=O) groups excluding carboxylic acids is 2. The van der Waals surface area contributed by atoms with E-state index in [1.54, 1.807) is 23.2 Å². The first-order valence-electron chi connectivity index (χ1n) is 14.0. The Hall–Kier alpha value is -3.81. The van der Waals surface area contributed by atoms with Gasteiger partial charge in [0.25, 0.3) is 5.91 Å². The van der Waals surface area contributed by atoms with Crippen LogP contribution in [0.2, 0.25) is 0 Å². The third-order valence-corrected chi connectivity index (χ3v) is 10.3. The number of fused-ring (bicyclic) bond motifs is 1. The van der Waals surface area contributed by atoms with E-state index in [4.69, 9.17) is 9.47 Å². The highest BCUT2D eigenvalue weighted by Crippen LogP contribution is 2.41. The smallest absolute Gasteiger partial charge is 0.307 e. The van der Waals surface area contributed by atoms with Crippen LogP contribution >= 0.6 is 21.9 Å². The average molecular weight is 618 g/mol. The lowest BCUT2D eigenvalue weighted by molar-refractivity contribution is -0.140. The fraction of sp³-hybridized carbons (Fsp3) is 0.294. The summed E-state index contributed by atoms with van der Waals surface area (Å²) in [7, 11) is -1.17. The van der Waals surface area contributed by atoms with Crippen LogP contribution in [0.25, 0.3) is 21.2 Å². The Morgan fingerprint density at radius 3 is 2.44 bits per heavy atom. The summed E-state index contributed by atoms with van der Waals surface area (Å²) in [5.74, 6) is 6.57. The lowest BCUT2D eigenvalue weighted by Gasteiger charge is -2.41. The fourth-order valence-electron chi connectivity index (χ4n) is 5.23. The summed E-state index contributed by atoms with van der Waals surface area (Å²) in [6.45, 7) is 4.89. The molecule has 7 nitrogen and oxygen atoms in total.